The lowest BCUT2D eigenvalue weighted by Gasteiger charge is -2.38. The maximum atomic E-state index is 5.55. The van der Waals surface area contributed by atoms with Crippen molar-refractivity contribution in [1.82, 2.24) is 34.7 Å². The van der Waals surface area contributed by atoms with E-state index in [1.54, 1.807) is 18.7 Å². The fraction of sp³-hybridized carbons (Fsp3) is 0.300. The highest BCUT2D eigenvalue weighted by Crippen LogP contribution is 2.34. The van der Waals surface area contributed by atoms with E-state index in [9.17, 15) is 0 Å². The first-order chi connectivity index (χ1) is 14.8. The van der Waals surface area contributed by atoms with Gasteiger partial charge in [-0.15, -0.1) is 10.2 Å². The SMILES string of the molecule is c1cnc2cc(Nc3ncc4c(n3)N(C3CCOCC3)Cc3nncn3-4)ccc2n1. The molecule has 10 heteroatoms. The molecule has 0 unspecified atom stereocenters. The number of rotatable bonds is 3. The summed E-state index contributed by atoms with van der Waals surface area (Å²) in [6.45, 7) is 2.19. The lowest BCUT2D eigenvalue weighted by molar-refractivity contribution is 0.0836. The van der Waals surface area contributed by atoms with E-state index in [0.29, 0.717) is 18.5 Å². The minimum absolute atomic E-state index is 0.349. The van der Waals surface area contributed by atoms with Crippen LogP contribution in [0.4, 0.5) is 17.5 Å². The van der Waals surface area contributed by atoms with Crippen molar-refractivity contribution < 1.29 is 4.74 Å². The molecule has 150 valence electrons. The normalized spacial score (nSPS) is 16.3. The molecule has 1 saturated heterocycles. The van der Waals surface area contributed by atoms with Gasteiger partial charge in [-0.2, -0.15) is 4.98 Å². The van der Waals surface area contributed by atoms with Gasteiger partial charge in [-0.1, -0.05) is 0 Å². The van der Waals surface area contributed by atoms with E-state index in [1.165, 1.54) is 0 Å². The van der Waals surface area contributed by atoms with Gasteiger partial charge in [0.2, 0.25) is 5.95 Å². The summed E-state index contributed by atoms with van der Waals surface area (Å²) >= 11 is 0. The topological polar surface area (TPSA) is 107 Å². The predicted molar refractivity (Wildman–Crippen MR) is 110 cm³/mol. The average Bonchev–Trinajstić information content (AvgIpc) is 3.28. The molecule has 0 aliphatic carbocycles. The molecule has 0 amide bonds. The van der Waals surface area contributed by atoms with Gasteiger partial charge in [0.25, 0.3) is 0 Å². The van der Waals surface area contributed by atoms with Gasteiger partial charge in [0.05, 0.1) is 23.8 Å². The summed E-state index contributed by atoms with van der Waals surface area (Å²) in [4.78, 5) is 20.4. The summed E-state index contributed by atoms with van der Waals surface area (Å²) in [5.74, 6) is 2.31. The first-order valence-corrected chi connectivity index (χ1v) is 9.94. The average molecular weight is 401 g/mol. The number of hydrogen-bond acceptors (Lipinski definition) is 9. The van der Waals surface area contributed by atoms with E-state index < -0.39 is 0 Å². The molecular weight excluding hydrogens is 382 g/mol. The zero-order chi connectivity index (χ0) is 19.9. The van der Waals surface area contributed by atoms with Crippen molar-refractivity contribution in [3.8, 4) is 5.69 Å². The van der Waals surface area contributed by atoms with Crippen molar-refractivity contribution in [2.24, 2.45) is 0 Å². The van der Waals surface area contributed by atoms with Crippen molar-refractivity contribution in [3.05, 3.63) is 48.9 Å². The number of ether oxygens (including phenoxy) is 1. The van der Waals surface area contributed by atoms with Gasteiger partial charge in [0.15, 0.2) is 11.6 Å². The molecule has 10 nitrogen and oxygen atoms in total. The summed E-state index contributed by atoms with van der Waals surface area (Å²) in [7, 11) is 0. The van der Waals surface area contributed by atoms with Gasteiger partial charge < -0.3 is 15.0 Å². The number of fused-ring (bicyclic) bond motifs is 4. The van der Waals surface area contributed by atoms with Gasteiger partial charge in [-0.05, 0) is 31.0 Å². The van der Waals surface area contributed by atoms with Crippen LogP contribution in [0.25, 0.3) is 16.7 Å². The third kappa shape index (κ3) is 2.92. The minimum Gasteiger partial charge on any atom is -0.381 e. The molecule has 3 aromatic heterocycles. The maximum absolute atomic E-state index is 5.55. The van der Waals surface area contributed by atoms with Crippen molar-refractivity contribution in [3.63, 3.8) is 0 Å². The van der Waals surface area contributed by atoms with E-state index in [-0.39, 0.29) is 0 Å². The van der Waals surface area contributed by atoms with Crippen molar-refractivity contribution >= 4 is 28.5 Å². The van der Waals surface area contributed by atoms with Crippen LogP contribution >= 0.6 is 0 Å². The fourth-order valence-electron chi connectivity index (χ4n) is 4.07. The van der Waals surface area contributed by atoms with Gasteiger partial charge >= 0.3 is 0 Å². The molecule has 0 spiro atoms. The van der Waals surface area contributed by atoms with Crippen LogP contribution in [-0.4, -0.2) is 54.0 Å². The number of aromatic nitrogens is 7. The van der Waals surface area contributed by atoms with Gasteiger partial charge in [-0.25, -0.2) is 4.98 Å². The standard InChI is InChI=1S/C20H19N9O/c1-2-15-16(22-6-5-21-15)9-13(1)25-20-23-10-17-19(26-20)28(14-3-7-30-8-4-14)11-18-27-24-12-29(17)18/h1-2,5-6,9-10,12,14H,3-4,7-8,11H2,(H,23,25,26). The Morgan fingerprint density at radius 2 is 1.90 bits per heavy atom. The second-order valence-electron chi connectivity index (χ2n) is 7.38. The number of nitrogens with one attached hydrogen (secondary N) is 1. The number of anilines is 3. The molecule has 2 aliphatic rings. The number of nitrogens with zero attached hydrogens (tertiary/aromatic N) is 8. The Morgan fingerprint density at radius 1 is 1.03 bits per heavy atom. The summed E-state index contributed by atoms with van der Waals surface area (Å²) in [5.41, 5.74) is 3.42. The van der Waals surface area contributed by atoms with Crippen LogP contribution in [0.15, 0.2) is 43.1 Å². The van der Waals surface area contributed by atoms with Crippen LogP contribution in [0.1, 0.15) is 18.7 Å². The fourth-order valence-corrected chi connectivity index (χ4v) is 4.07. The van der Waals surface area contributed by atoms with Gasteiger partial charge in [0, 0.05) is 37.3 Å². The van der Waals surface area contributed by atoms with Gasteiger partial charge in [0.1, 0.15) is 12.0 Å². The smallest absolute Gasteiger partial charge is 0.229 e. The van der Waals surface area contributed by atoms with Crippen LogP contribution < -0.4 is 10.2 Å². The van der Waals surface area contributed by atoms with Crippen LogP contribution in [0, 0.1) is 0 Å². The zero-order valence-corrected chi connectivity index (χ0v) is 16.1. The number of hydrogen-bond donors (Lipinski definition) is 1. The molecule has 1 aromatic carbocycles. The Bertz CT molecular complexity index is 1220. The first-order valence-electron chi connectivity index (χ1n) is 9.94. The quantitative estimate of drug-likeness (QED) is 0.553. The summed E-state index contributed by atoms with van der Waals surface area (Å²) < 4.78 is 7.51. The molecule has 1 fully saturated rings. The highest BCUT2D eigenvalue weighted by Gasteiger charge is 2.31. The van der Waals surface area contributed by atoms with Crippen molar-refractivity contribution in [2.75, 3.05) is 23.4 Å². The highest BCUT2D eigenvalue weighted by atomic mass is 16.5. The Morgan fingerprint density at radius 3 is 2.80 bits per heavy atom. The molecule has 0 radical (unpaired) electrons. The molecule has 0 saturated carbocycles. The molecular formula is C20H19N9O. The molecule has 2 aliphatic heterocycles. The Labute approximate surface area is 172 Å². The highest BCUT2D eigenvalue weighted by molar-refractivity contribution is 5.79. The third-order valence-electron chi connectivity index (χ3n) is 5.57. The first kappa shape index (κ1) is 17.2. The molecule has 0 bridgehead atoms. The predicted octanol–water partition coefficient (Wildman–Crippen LogP) is 2.24. The Balaban J connectivity index is 1.37. The monoisotopic (exact) mass is 401 g/mol. The second-order valence-corrected chi connectivity index (χ2v) is 7.38. The lowest BCUT2D eigenvalue weighted by atomic mass is 10.1. The molecule has 4 aromatic rings. The maximum Gasteiger partial charge on any atom is 0.229 e. The molecule has 5 heterocycles. The van der Waals surface area contributed by atoms with Gasteiger partial charge in [-0.3, -0.25) is 14.5 Å². The van der Waals surface area contributed by atoms with Crippen molar-refractivity contribution in [1.29, 1.82) is 0 Å². The largest absolute Gasteiger partial charge is 0.381 e. The molecule has 0 atom stereocenters. The summed E-state index contributed by atoms with van der Waals surface area (Å²) in [5, 5.41) is 11.7. The van der Waals surface area contributed by atoms with E-state index in [4.69, 9.17) is 9.72 Å². The molecule has 6 rings (SSSR count). The minimum atomic E-state index is 0.349. The van der Waals surface area contributed by atoms with Crippen LogP contribution in [-0.2, 0) is 11.3 Å². The van der Waals surface area contributed by atoms with Crippen LogP contribution in [0.5, 0.6) is 0 Å². The van der Waals surface area contributed by atoms with Crippen molar-refractivity contribution in [2.45, 2.75) is 25.4 Å². The molecule has 30 heavy (non-hydrogen) atoms. The second kappa shape index (κ2) is 6.99. The number of benzene rings is 1. The Hall–Kier alpha value is -3.66. The van der Waals surface area contributed by atoms with E-state index in [2.05, 4.69) is 35.4 Å². The zero-order valence-electron chi connectivity index (χ0n) is 16.1. The van der Waals surface area contributed by atoms with Crippen LogP contribution in [0.3, 0.4) is 0 Å². The summed E-state index contributed by atoms with van der Waals surface area (Å²) in [6.07, 6.45) is 8.83. The Kier molecular flexibility index (Phi) is 4.01. The molecule has 1 N–H and O–H groups in total. The van der Waals surface area contributed by atoms with E-state index >= 15 is 0 Å². The van der Waals surface area contributed by atoms with E-state index in [0.717, 1.165) is 60.1 Å². The van der Waals surface area contributed by atoms with Crippen LogP contribution in [0.2, 0.25) is 0 Å². The third-order valence-corrected chi connectivity index (χ3v) is 5.57. The van der Waals surface area contributed by atoms with E-state index in [1.807, 2.05) is 29.0 Å². The lowest BCUT2D eigenvalue weighted by Crippen LogP contribution is -2.42. The summed E-state index contributed by atoms with van der Waals surface area (Å²) in [6, 6.07) is 6.18.